The molecule has 112 valence electrons. The van der Waals surface area contributed by atoms with E-state index in [-0.39, 0.29) is 10.8 Å². The molecule has 3 aliphatic rings. The summed E-state index contributed by atoms with van der Waals surface area (Å²) in [5.41, 5.74) is 3.35. The summed E-state index contributed by atoms with van der Waals surface area (Å²) >= 11 is 0. The van der Waals surface area contributed by atoms with Crippen LogP contribution in [0.15, 0.2) is 23.3 Å². The highest BCUT2D eigenvalue weighted by atomic mass is 32.2. The third kappa shape index (κ3) is 1.90. The van der Waals surface area contributed by atoms with Gasteiger partial charge in [-0.1, -0.05) is 53.7 Å². The van der Waals surface area contributed by atoms with Crippen LogP contribution in [0.3, 0.4) is 0 Å². The molecule has 2 heterocycles. The van der Waals surface area contributed by atoms with Crippen molar-refractivity contribution in [2.24, 2.45) is 22.7 Å². The molecule has 2 bridgehead atoms. The summed E-state index contributed by atoms with van der Waals surface area (Å²) in [4.78, 5) is 0. The average Bonchev–Trinajstić information content (AvgIpc) is 2.77. The van der Waals surface area contributed by atoms with Crippen molar-refractivity contribution < 1.29 is 4.21 Å². The molecule has 1 unspecified atom stereocenters. The molecule has 0 aromatic carbocycles. The predicted octanol–water partition coefficient (Wildman–Crippen LogP) is 4.47. The summed E-state index contributed by atoms with van der Waals surface area (Å²) in [6.45, 7) is 13.8. The van der Waals surface area contributed by atoms with Gasteiger partial charge < -0.3 is 0 Å². The monoisotopic (exact) mass is 292 g/mol. The highest BCUT2D eigenvalue weighted by Gasteiger charge is 2.60. The molecule has 1 nitrogen and oxygen atoms in total. The molecule has 2 heteroatoms. The van der Waals surface area contributed by atoms with Gasteiger partial charge in [0.15, 0.2) is 0 Å². The van der Waals surface area contributed by atoms with Gasteiger partial charge in [0.2, 0.25) is 0 Å². The van der Waals surface area contributed by atoms with Crippen molar-refractivity contribution in [2.45, 2.75) is 64.9 Å². The van der Waals surface area contributed by atoms with Crippen LogP contribution < -0.4 is 0 Å². The maximum atomic E-state index is 13.1. The molecule has 0 amide bonds. The van der Waals surface area contributed by atoms with E-state index in [2.05, 4.69) is 53.7 Å². The van der Waals surface area contributed by atoms with Crippen LogP contribution in [-0.2, 0) is 10.8 Å². The molecule has 0 N–H and O–H groups in total. The van der Waals surface area contributed by atoms with Gasteiger partial charge in [-0.25, -0.2) is 0 Å². The zero-order chi connectivity index (χ0) is 14.9. The maximum Gasteiger partial charge on any atom is 0.0605 e. The Hall–Kier alpha value is -0.370. The van der Waals surface area contributed by atoms with E-state index in [4.69, 9.17) is 0 Å². The number of hydrogen-bond acceptors (Lipinski definition) is 1. The zero-order valence-electron chi connectivity index (χ0n) is 13.7. The van der Waals surface area contributed by atoms with E-state index in [1.807, 2.05) is 0 Å². The Morgan fingerprint density at radius 2 is 1.20 bits per heavy atom. The first kappa shape index (κ1) is 14.6. The summed E-state index contributed by atoms with van der Waals surface area (Å²) in [7, 11) is -0.688. The average molecular weight is 292 g/mol. The second-order valence-electron chi connectivity index (χ2n) is 8.77. The van der Waals surface area contributed by atoms with Gasteiger partial charge >= 0.3 is 0 Å². The summed E-state index contributed by atoms with van der Waals surface area (Å²) in [5.74, 6) is 1.26. The third-order valence-corrected chi connectivity index (χ3v) is 7.46. The summed E-state index contributed by atoms with van der Waals surface area (Å²) in [5, 5.41) is 0.647. The maximum absolute atomic E-state index is 13.1. The van der Waals surface area contributed by atoms with Crippen molar-refractivity contribution in [1.29, 1.82) is 0 Å². The molecule has 20 heavy (non-hydrogen) atoms. The molecular weight excluding hydrogens is 264 g/mol. The summed E-state index contributed by atoms with van der Waals surface area (Å²) in [6.07, 6.45) is 6.90. The summed E-state index contributed by atoms with van der Waals surface area (Å²) < 4.78 is 13.1. The number of fused-ring (bicyclic) bond motifs is 5. The van der Waals surface area contributed by atoms with Crippen molar-refractivity contribution in [3.8, 4) is 0 Å². The Labute approximate surface area is 126 Å². The van der Waals surface area contributed by atoms with E-state index in [1.165, 1.54) is 11.1 Å². The SMILES string of the molecule is CC(C)(C)C1=C(C(C)(C)C)[C@H]2[C@H]3CC=CC[C@H]3[C@@H]1S2=O. The molecule has 5 atom stereocenters. The van der Waals surface area contributed by atoms with Crippen LogP contribution in [0, 0.1) is 22.7 Å². The number of rotatable bonds is 0. The molecule has 0 aromatic heterocycles. The van der Waals surface area contributed by atoms with Crippen molar-refractivity contribution >= 4 is 10.8 Å². The molecule has 2 aliphatic heterocycles. The zero-order valence-corrected chi connectivity index (χ0v) is 14.5. The van der Waals surface area contributed by atoms with Crippen LogP contribution >= 0.6 is 0 Å². The van der Waals surface area contributed by atoms with Crippen LogP contribution in [0.5, 0.6) is 0 Å². The van der Waals surface area contributed by atoms with Gasteiger partial charge in [-0.05, 0) is 46.7 Å². The smallest absolute Gasteiger partial charge is 0.0605 e. The molecule has 0 saturated carbocycles. The van der Waals surface area contributed by atoms with Gasteiger partial charge in [-0.15, -0.1) is 0 Å². The second kappa shape index (κ2) is 4.32. The van der Waals surface area contributed by atoms with Crippen molar-refractivity contribution in [3.05, 3.63) is 23.3 Å². The van der Waals surface area contributed by atoms with Crippen molar-refractivity contribution in [3.63, 3.8) is 0 Å². The lowest BCUT2D eigenvalue weighted by Gasteiger charge is -2.42. The Bertz CT molecular complexity index is 469. The molecule has 1 aliphatic carbocycles. The lowest BCUT2D eigenvalue weighted by molar-refractivity contribution is 0.284. The van der Waals surface area contributed by atoms with Crippen molar-refractivity contribution in [2.75, 3.05) is 0 Å². The van der Waals surface area contributed by atoms with E-state index in [0.29, 0.717) is 22.3 Å². The molecule has 1 saturated heterocycles. The van der Waals surface area contributed by atoms with Gasteiger partial charge in [-0.3, -0.25) is 4.21 Å². The topological polar surface area (TPSA) is 17.1 Å². The first-order valence-electron chi connectivity index (χ1n) is 7.93. The molecule has 3 rings (SSSR count). The second-order valence-corrected chi connectivity index (χ2v) is 10.4. The van der Waals surface area contributed by atoms with E-state index >= 15 is 0 Å². The largest absolute Gasteiger partial charge is 0.258 e. The Morgan fingerprint density at radius 1 is 0.850 bits per heavy atom. The van der Waals surface area contributed by atoms with Crippen LogP contribution in [0.1, 0.15) is 54.4 Å². The van der Waals surface area contributed by atoms with Crippen LogP contribution in [0.4, 0.5) is 0 Å². The fourth-order valence-electron chi connectivity index (χ4n) is 4.68. The minimum Gasteiger partial charge on any atom is -0.258 e. The van der Waals surface area contributed by atoms with E-state index in [9.17, 15) is 4.21 Å². The van der Waals surface area contributed by atoms with E-state index in [1.54, 1.807) is 0 Å². The van der Waals surface area contributed by atoms with E-state index < -0.39 is 10.8 Å². The van der Waals surface area contributed by atoms with Gasteiger partial charge in [-0.2, -0.15) is 0 Å². The minimum absolute atomic E-state index is 0.143. The molecule has 0 aromatic rings. The highest BCUT2D eigenvalue weighted by molar-refractivity contribution is 7.87. The molecule has 0 radical (unpaired) electrons. The van der Waals surface area contributed by atoms with Crippen molar-refractivity contribution in [1.82, 2.24) is 0 Å². The first-order chi connectivity index (χ1) is 9.14. The molecule has 1 fully saturated rings. The standard InChI is InChI=1S/C18H28OS/c1-17(2,3)13-14(18(4,5)6)16-12-10-8-7-9-11(12)15(13)20(16)19/h7-8,11-12,15-16H,9-10H2,1-6H3/t11-,12+,15+,16-,20?. The van der Waals surface area contributed by atoms with Gasteiger partial charge in [0, 0.05) is 10.8 Å². The van der Waals surface area contributed by atoms with Gasteiger partial charge in [0.05, 0.1) is 10.5 Å². The molecule has 0 spiro atoms. The highest BCUT2D eigenvalue weighted by Crippen LogP contribution is 2.60. The number of allylic oxidation sites excluding steroid dienone is 2. The van der Waals surface area contributed by atoms with E-state index in [0.717, 1.165) is 12.8 Å². The molecular formula is C18H28OS. The quantitative estimate of drug-likeness (QED) is 0.602. The van der Waals surface area contributed by atoms with Gasteiger partial charge in [0.1, 0.15) is 0 Å². The first-order valence-corrected chi connectivity index (χ1v) is 9.21. The summed E-state index contributed by atoms with van der Waals surface area (Å²) in [6, 6.07) is 0. The Kier molecular flexibility index (Phi) is 3.14. The third-order valence-electron chi connectivity index (χ3n) is 5.29. The lowest BCUT2D eigenvalue weighted by atomic mass is 9.61. The Balaban J connectivity index is 2.18. The Morgan fingerprint density at radius 3 is 1.50 bits per heavy atom. The minimum atomic E-state index is -0.688. The fraction of sp³-hybridized carbons (Fsp3) is 0.778. The van der Waals surface area contributed by atoms with Crippen LogP contribution in [0.25, 0.3) is 0 Å². The van der Waals surface area contributed by atoms with Gasteiger partial charge in [0.25, 0.3) is 0 Å². The predicted molar refractivity (Wildman–Crippen MR) is 87.0 cm³/mol. The fourth-order valence-corrected chi connectivity index (χ4v) is 7.74. The normalized spacial score (nSPS) is 40.4. The number of hydrogen-bond donors (Lipinski definition) is 0. The van der Waals surface area contributed by atoms with Crippen LogP contribution in [-0.4, -0.2) is 14.7 Å². The van der Waals surface area contributed by atoms with Crippen LogP contribution in [0.2, 0.25) is 0 Å². The lowest BCUT2D eigenvalue weighted by Crippen LogP contribution is -2.37.